The summed E-state index contributed by atoms with van der Waals surface area (Å²) in [7, 11) is 1.35. The summed E-state index contributed by atoms with van der Waals surface area (Å²) < 4.78 is 5.69. The van der Waals surface area contributed by atoms with E-state index in [2.05, 4.69) is 5.32 Å². The lowest BCUT2D eigenvalue weighted by Crippen LogP contribution is -2.28. The zero-order valence-corrected chi connectivity index (χ0v) is 15.8. The van der Waals surface area contributed by atoms with Crippen molar-refractivity contribution >= 4 is 45.6 Å². The molecular formula is C15H21N3O4S2. The Hall–Kier alpha value is -1.87. The highest BCUT2D eigenvalue weighted by Gasteiger charge is 2.18. The van der Waals surface area contributed by atoms with E-state index < -0.39 is 4.92 Å². The number of rotatable bonds is 7. The lowest BCUT2D eigenvalue weighted by molar-refractivity contribution is -0.385. The van der Waals surface area contributed by atoms with Gasteiger partial charge in [0, 0.05) is 30.9 Å². The summed E-state index contributed by atoms with van der Waals surface area (Å²) in [4.78, 5) is 24.6. The molecule has 7 nitrogen and oxygen atoms in total. The fourth-order valence-electron chi connectivity index (χ4n) is 2.00. The summed E-state index contributed by atoms with van der Waals surface area (Å²) >= 11 is 6.57. The number of hydrogen-bond acceptors (Lipinski definition) is 6. The first kappa shape index (κ1) is 20.2. The van der Waals surface area contributed by atoms with Crippen molar-refractivity contribution in [3.63, 3.8) is 0 Å². The van der Waals surface area contributed by atoms with Gasteiger partial charge in [0.05, 0.1) is 17.8 Å². The van der Waals surface area contributed by atoms with Crippen LogP contribution in [0.5, 0.6) is 5.75 Å². The van der Waals surface area contributed by atoms with Crippen LogP contribution in [0.25, 0.3) is 0 Å². The van der Waals surface area contributed by atoms with Crippen molar-refractivity contribution in [2.75, 3.05) is 31.3 Å². The minimum absolute atomic E-state index is 0.104. The van der Waals surface area contributed by atoms with Crippen molar-refractivity contribution in [2.45, 2.75) is 20.8 Å². The molecule has 0 heterocycles. The fraction of sp³-hybridized carbons (Fsp3) is 0.467. The SMILES string of the molecule is CCN(CC)C(=S)SCC(=O)Nc1cc(OC)c([N+](=O)[O-])cc1C. The van der Waals surface area contributed by atoms with E-state index in [1.54, 1.807) is 6.92 Å². The molecular weight excluding hydrogens is 350 g/mol. The van der Waals surface area contributed by atoms with Crippen molar-refractivity contribution < 1.29 is 14.5 Å². The quantitative estimate of drug-likeness (QED) is 0.447. The zero-order chi connectivity index (χ0) is 18.3. The largest absolute Gasteiger partial charge is 0.490 e. The molecule has 0 aliphatic carbocycles. The van der Waals surface area contributed by atoms with Crippen LogP contribution in [-0.2, 0) is 4.79 Å². The van der Waals surface area contributed by atoms with E-state index in [4.69, 9.17) is 17.0 Å². The first-order valence-electron chi connectivity index (χ1n) is 7.38. The first-order valence-corrected chi connectivity index (χ1v) is 8.77. The number of aryl methyl sites for hydroxylation is 1. The summed E-state index contributed by atoms with van der Waals surface area (Å²) in [6.07, 6.45) is 0. The Kier molecular flexibility index (Phi) is 7.93. The highest BCUT2D eigenvalue weighted by molar-refractivity contribution is 8.23. The molecule has 24 heavy (non-hydrogen) atoms. The van der Waals surface area contributed by atoms with E-state index in [9.17, 15) is 14.9 Å². The second-order valence-electron chi connectivity index (χ2n) is 4.87. The molecule has 0 unspecified atom stereocenters. The summed E-state index contributed by atoms with van der Waals surface area (Å²) in [6, 6.07) is 2.83. The number of ether oxygens (including phenoxy) is 1. The normalized spacial score (nSPS) is 10.2. The van der Waals surface area contributed by atoms with Crippen molar-refractivity contribution in [3.05, 3.63) is 27.8 Å². The van der Waals surface area contributed by atoms with Crippen LogP contribution in [0.1, 0.15) is 19.4 Å². The number of carbonyl (C=O) groups is 1. The number of benzene rings is 1. The number of amides is 1. The molecule has 1 rings (SSSR count). The summed E-state index contributed by atoms with van der Waals surface area (Å²) in [6.45, 7) is 7.28. The predicted molar refractivity (Wildman–Crippen MR) is 101 cm³/mol. The second kappa shape index (κ2) is 9.43. The van der Waals surface area contributed by atoms with Crippen LogP contribution in [0.15, 0.2) is 12.1 Å². The molecule has 0 atom stereocenters. The molecule has 0 radical (unpaired) electrons. The number of hydrogen-bond donors (Lipinski definition) is 1. The Labute approximate surface area is 150 Å². The number of nitrogens with one attached hydrogen (secondary N) is 1. The second-order valence-corrected chi connectivity index (χ2v) is 6.48. The van der Waals surface area contributed by atoms with Gasteiger partial charge in [0.1, 0.15) is 4.32 Å². The number of nitro benzene ring substituents is 1. The number of nitrogens with zero attached hydrogens (tertiary/aromatic N) is 2. The molecule has 0 bridgehead atoms. The molecule has 9 heteroatoms. The maximum absolute atomic E-state index is 12.1. The molecule has 1 N–H and O–H groups in total. The van der Waals surface area contributed by atoms with Gasteiger partial charge in [0.15, 0.2) is 5.75 Å². The summed E-state index contributed by atoms with van der Waals surface area (Å²) in [5, 5.41) is 13.7. The van der Waals surface area contributed by atoms with Gasteiger partial charge in [0.2, 0.25) is 5.91 Å². The number of anilines is 1. The Balaban J connectivity index is 2.77. The van der Waals surface area contributed by atoms with Gasteiger partial charge in [-0.05, 0) is 26.3 Å². The highest BCUT2D eigenvalue weighted by Crippen LogP contribution is 2.32. The molecule has 132 valence electrons. The molecule has 0 aromatic heterocycles. The Bertz CT molecular complexity index is 633. The van der Waals surface area contributed by atoms with Crippen LogP contribution >= 0.6 is 24.0 Å². The van der Waals surface area contributed by atoms with Gasteiger partial charge in [-0.3, -0.25) is 14.9 Å². The molecule has 0 spiro atoms. The Morgan fingerprint density at radius 2 is 2.04 bits per heavy atom. The minimum atomic E-state index is -0.518. The third kappa shape index (κ3) is 5.34. The van der Waals surface area contributed by atoms with E-state index in [0.29, 0.717) is 15.6 Å². The van der Waals surface area contributed by atoms with Crippen molar-refractivity contribution in [1.82, 2.24) is 4.90 Å². The lowest BCUT2D eigenvalue weighted by atomic mass is 10.1. The zero-order valence-electron chi connectivity index (χ0n) is 14.1. The molecule has 1 aromatic carbocycles. The van der Waals surface area contributed by atoms with Gasteiger partial charge >= 0.3 is 5.69 Å². The van der Waals surface area contributed by atoms with Gasteiger partial charge in [-0.25, -0.2) is 0 Å². The van der Waals surface area contributed by atoms with Gasteiger partial charge in [-0.2, -0.15) is 0 Å². The van der Waals surface area contributed by atoms with E-state index in [0.717, 1.165) is 13.1 Å². The number of thioether (sulfide) groups is 1. The third-order valence-corrected chi connectivity index (χ3v) is 4.87. The smallest absolute Gasteiger partial charge is 0.311 e. The van der Waals surface area contributed by atoms with Gasteiger partial charge in [0.25, 0.3) is 0 Å². The van der Waals surface area contributed by atoms with Crippen LogP contribution in [0.3, 0.4) is 0 Å². The third-order valence-electron chi connectivity index (χ3n) is 3.35. The molecule has 0 saturated carbocycles. The predicted octanol–water partition coefficient (Wildman–Crippen LogP) is 3.21. The topological polar surface area (TPSA) is 84.7 Å². The van der Waals surface area contributed by atoms with E-state index in [1.165, 1.54) is 31.0 Å². The molecule has 1 aromatic rings. The van der Waals surface area contributed by atoms with Crippen molar-refractivity contribution in [1.29, 1.82) is 0 Å². The van der Waals surface area contributed by atoms with Gasteiger partial charge in [-0.1, -0.05) is 24.0 Å². The number of thiocarbonyl (C=S) groups is 1. The summed E-state index contributed by atoms with van der Waals surface area (Å²) in [5.41, 5.74) is 0.939. The van der Waals surface area contributed by atoms with Crippen LogP contribution in [-0.4, -0.2) is 46.0 Å². The molecule has 0 aliphatic heterocycles. The van der Waals surface area contributed by atoms with Crippen molar-refractivity contribution in [2.24, 2.45) is 0 Å². The maximum atomic E-state index is 12.1. The van der Waals surface area contributed by atoms with Gasteiger partial charge in [-0.15, -0.1) is 0 Å². The fourth-order valence-corrected chi connectivity index (χ4v) is 3.20. The molecule has 0 fully saturated rings. The average molecular weight is 371 g/mol. The first-order chi connectivity index (χ1) is 11.3. The standard InChI is InChI=1S/C15H21N3O4S2/c1-5-17(6-2)15(23)24-9-14(19)16-11-8-13(22-4)12(18(20)21)7-10(11)3/h7-8H,5-6,9H2,1-4H3,(H,16,19). The number of nitro groups is 1. The lowest BCUT2D eigenvalue weighted by Gasteiger charge is -2.20. The van der Waals surface area contributed by atoms with Crippen LogP contribution in [0.4, 0.5) is 11.4 Å². The monoisotopic (exact) mass is 371 g/mol. The van der Waals surface area contributed by atoms with E-state index >= 15 is 0 Å². The minimum Gasteiger partial charge on any atom is -0.490 e. The van der Waals surface area contributed by atoms with Crippen molar-refractivity contribution in [3.8, 4) is 5.75 Å². The Morgan fingerprint density at radius 1 is 1.42 bits per heavy atom. The van der Waals surface area contributed by atoms with Gasteiger partial charge < -0.3 is 15.0 Å². The van der Waals surface area contributed by atoms with Crippen LogP contribution in [0, 0.1) is 17.0 Å². The average Bonchev–Trinajstić information content (AvgIpc) is 2.55. The van der Waals surface area contributed by atoms with Crippen LogP contribution in [0.2, 0.25) is 0 Å². The van der Waals surface area contributed by atoms with E-state index in [-0.39, 0.29) is 23.1 Å². The molecule has 0 saturated heterocycles. The Morgan fingerprint density at radius 3 is 2.54 bits per heavy atom. The van der Waals surface area contributed by atoms with Crippen LogP contribution < -0.4 is 10.1 Å². The number of methoxy groups -OCH3 is 1. The molecule has 1 amide bonds. The maximum Gasteiger partial charge on any atom is 0.311 e. The van der Waals surface area contributed by atoms with E-state index in [1.807, 2.05) is 18.7 Å². The molecule has 0 aliphatic rings. The summed E-state index contributed by atoms with van der Waals surface area (Å²) in [5.74, 6) is 0.0504. The highest BCUT2D eigenvalue weighted by atomic mass is 32.2. The number of carbonyl (C=O) groups excluding carboxylic acids is 1.